The van der Waals surface area contributed by atoms with E-state index in [4.69, 9.17) is 9.73 Å². The molecule has 0 spiro atoms. The fourth-order valence-corrected chi connectivity index (χ4v) is 4.02. The van der Waals surface area contributed by atoms with Crippen molar-refractivity contribution in [2.45, 2.75) is 46.2 Å². The van der Waals surface area contributed by atoms with E-state index in [0.717, 1.165) is 88.9 Å². The second kappa shape index (κ2) is 13.5. The van der Waals surface area contributed by atoms with Crippen molar-refractivity contribution in [2.24, 2.45) is 18.0 Å². The molecule has 2 N–H and O–H groups in total. The number of rotatable bonds is 8. The largest absolute Gasteiger partial charge is 0.379 e. The van der Waals surface area contributed by atoms with Crippen LogP contribution >= 0.6 is 24.0 Å². The van der Waals surface area contributed by atoms with Gasteiger partial charge >= 0.3 is 0 Å². The third kappa shape index (κ3) is 8.82. The first kappa shape index (κ1) is 26.3. The quantitative estimate of drug-likeness (QED) is 0.287. The summed E-state index contributed by atoms with van der Waals surface area (Å²) >= 11 is 0. The zero-order chi connectivity index (χ0) is 21.3. The normalized spacial score (nSPS) is 19.5. The number of aromatic nitrogens is 3. The number of morpholine rings is 1. The first-order chi connectivity index (χ1) is 14.5. The monoisotopic (exact) mass is 548 g/mol. The van der Waals surface area contributed by atoms with Crippen LogP contribution in [-0.2, 0) is 18.3 Å². The van der Waals surface area contributed by atoms with Gasteiger partial charge in [0.15, 0.2) is 11.8 Å². The molecule has 0 aromatic carbocycles. The van der Waals surface area contributed by atoms with Crippen LogP contribution in [0.15, 0.2) is 4.99 Å². The Bertz CT molecular complexity index is 666. The Hall–Kier alpha value is -0.980. The number of guanidine groups is 1. The summed E-state index contributed by atoms with van der Waals surface area (Å²) in [5.74, 6) is 3.40. The molecule has 178 valence electrons. The highest BCUT2D eigenvalue weighted by atomic mass is 127. The molecule has 9 nitrogen and oxygen atoms in total. The molecule has 0 saturated carbocycles. The van der Waals surface area contributed by atoms with Gasteiger partial charge < -0.3 is 24.8 Å². The van der Waals surface area contributed by atoms with Crippen LogP contribution in [0.4, 0.5) is 0 Å². The maximum absolute atomic E-state index is 5.44. The Balaban J connectivity index is 0.00000341. The average Bonchev–Trinajstić information content (AvgIpc) is 3.06. The summed E-state index contributed by atoms with van der Waals surface area (Å²) in [5, 5.41) is 15.6. The minimum atomic E-state index is 0. The maximum Gasteiger partial charge on any atom is 0.191 e. The van der Waals surface area contributed by atoms with Crippen molar-refractivity contribution < 1.29 is 4.74 Å². The van der Waals surface area contributed by atoms with Gasteiger partial charge in [0.05, 0.1) is 13.2 Å². The molecular weight excluding hydrogens is 507 g/mol. The van der Waals surface area contributed by atoms with E-state index in [1.165, 1.54) is 6.54 Å². The maximum atomic E-state index is 5.44. The Morgan fingerprint density at radius 3 is 2.45 bits per heavy atom. The van der Waals surface area contributed by atoms with Gasteiger partial charge in [0.1, 0.15) is 12.4 Å². The predicted octanol–water partition coefficient (Wildman–Crippen LogP) is 1.23. The van der Waals surface area contributed by atoms with E-state index in [0.29, 0.717) is 12.6 Å². The number of nitrogens with one attached hydrogen (secondary N) is 2. The highest BCUT2D eigenvalue weighted by Gasteiger charge is 2.20. The lowest BCUT2D eigenvalue weighted by molar-refractivity contribution is 0.0389. The molecule has 1 aromatic rings. The van der Waals surface area contributed by atoms with Crippen molar-refractivity contribution in [2.75, 3.05) is 59.0 Å². The number of piperidine rings is 1. The number of nitrogens with zero attached hydrogens (tertiary/aromatic N) is 6. The van der Waals surface area contributed by atoms with E-state index >= 15 is 0 Å². The summed E-state index contributed by atoms with van der Waals surface area (Å²) < 4.78 is 7.44. The van der Waals surface area contributed by atoms with Crippen LogP contribution in [0, 0.1) is 12.8 Å². The van der Waals surface area contributed by atoms with Crippen LogP contribution in [0.3, 0.4) is 0 Å². The third-order valence-corrected chi connectivity index (χ3v) is 5.94. The Morgan fingerprint density at radius 1 is 1.13 bits per heavy atom. The van der Waals surface area contributed by atoms with Crippen molar-refractivity contribution in [1.82, 2.24) is 35.2 Å². The van der Waals surface area contributed by atoms with Crippen LogP contribution in [0.2, 0.25) is 0 Å². The smallest absolute Gasteiger partial charge is 0.191 e. The summed E-state index contributed by atoms with van der Waals surface area (Å²) in [6.45, 7) is 16.1. The highest BCUT2D eigenvalue weighted by molar-refractivity contribution is 14.0. The van der Waals surface area contributed by atoms with E-state index in [9.17, 15) is 0 Å². The zero-order valence-electron chi connectivity index (χ0n) is 19.6. The summed E-state index contributed by atoms with van der Waals surface area (Å²) in [6.07, 6.45) is 2.31. The van der Waals surface area contributed by atoms with Gasteiger partial charge in [-0.25, -0.2) is 4.99 Å². The molecule has 0 unspecified atom stereocenters. The van der Waals surface area contributed by atoms with Gasteiger partial charge in [0.25, 0.3) is 0 Å². The minimum Gasteiger partial charge on any atom is -0.379 e. The van der Waals surface area contributed by atoms with Gasteiger partial charge in [-0.3, -0.25) is 4.90 Å². The molecule has 31 heavy (non-hydrogen) atoms. The van der Waals surface area contributed by atoms with Gasteiger partial charge in [-0.05, 0) is 25.7 Å². The fourth-order valence-electron chi connectivity index (χ4n) is 4.02. The first-order valence-corrected chi connectivity index (χ1v) is 11.4. The number of aryl methyl sites for hydroxylation is 1. The lowest BCUT2D eigenvalue weighted by atomic mass is 10.0. The SMILES string of the molecule is Cc1nnc(CN=C(NCCN2CCOCC2)NC2CCN(CC(C)C)CC2)n1C.I. The molecule has 0 atom stereocenters. The summed E-state index contributed by atoms with van der Waals surface area (Å²) in [5.41, 5.74) is 0. The minimum absolute atomic E-state index is 0. The topological polar surface area (TPSA) is 82.8 Å². The molecular formula is C21H41IN8O. The van der Waals surface area contributed by atoms with E-state index in [1.807, 2.05) is 18.5 Å². The molecule has 0 bridgehead atoms. The number of likely N-dealkylation sites (tertiary alicyclic amines) is 1. The number of ether oxygens (including phenoxy) is 1. The highest BCUT2D eigenvalue weighted by Crippen LogP contribution is 2.12. The van der Waals surface area contributed by atoms with Crippen LogP contribution in [0.5, 0.6) is 0 Å². The number of hydrogen-bond donors (Lipinski definition) is 2. The van der Waals surface area contributed by atoms with E-state index in [2.05, 4.69) is 44.5 Å². The fraction of sp³-hybridized carbons (Fsp3) is 0.857. The van der Waals surface area contributed by atoms with Gasteiger partial charge in [-0.1, -0.05) is 13.8 Å². The van der Waals surface area contributed by atoms with E-state index in [-0.39, 0.29) is 24.0 Å². The van der Waals surface area contributed by atoms with E-state index in [1.54, 1.807) is 0 Å². The Labute approximate surface area is 204 Å². The summed E-state index contributed by atoms with van der Waals surface area (Å²) in [6, 6.07) is 0.462. The molecule has 1 aromatic heterocycles. The van der Waals surface area contributed by atoms with E-state index < -0.39 is 0 Å². The second-order valence-corrected chi connectivity index (χ2v) is 8.88. The molecule has 10 heteroatoms. The standard InChI is InChI=1S/C21H40N8O.HI/c1-17(2)16-29-8-5-19(6-9-29)24-21(22-7-10-28-11-13-30-14-12-28)23-15-20-26-25-18(3)27(20)4;/h17,19H,5-16H2,1-4H3,(H2,22,23,24);1H. The molecule has 0 aliphatic carbocycles. The Morgan fingerprint density at radius 2 is 1.84 bits per heavy atom. The second-order valence-electron chi connectivity index (χ2n) is 8.88. The lowest BCUT2D eigenvalue weighted by Gasteiger charge is -2.34. The van der Waals surface area contributed by atoms with Gasteiger partial charge in [0, 0.05) is 58.9 Å². The Kier molecular flexibility index (Phi) is 11.5. The molecule has 0 radical (unpaired) electrons. The molecule has 2 saturated heterocycles. The van der Waals surface area contributed by atoms with Crippen molar-refractivity contribution in [3.05, 3.63) is 11.6 Å². The van der Waals surface area contributed by atoms with Crippen LogP contribution in [-0.4, -0.2) is 95.6 Å². The molecule has 3 rings (SSSR count). The summed E-state index contributed by atoms with van der Waals surface area (Å²) in [7, 11) is 1.99. The van der Waals surface area contributed by atoms with Crippen LogP contribution in [0.25, 0.3) is 0 Å². The van der Waals surface area contributed by atoms with Crippen molar-refractivity contribution in [3.8, 4) is 0 Å². The van der Waals surface area contributed by atoms with Crippen LogP contribution in [0.1, 0.15) is 38.3 Å². The third-order valence-electron chi connectivity index (χ3n) is 5.94. The lowest BCUT2D eigenvalue weighted by Crippen LogP contribution is -2.50. The van der Waals surface area contributed by atoms with Crippen molar-refractivity contribution >= 4 is 29.9 Å². The molecule has 2 aliphatic heterocycles. The molecule has 2 fully saturated rings. The zero-order valence-corrected chi connectivity index (χ0v) is 22.0. The van der Waals surface area contributed by atoms with Crippen molar-refractivity contribution in [3.63, 3.8) is 0 Å². The predicted molar refractivity (Wildman–Crippen MR) is 135 cm³/mol. The van der Waals surface area contributed by atoms with Crippen molar-refractivity contribution in [1.29, 1.82) is 0 Å². The van der Waals surface area contributed by atoms with Gasteiger partial charge in [-0.2, -0.15) is 0 Å². The molecule has 3 heterocycles. The first-order valence-electron chi connectivity index (χ1n) is 11.4. The molecule has 0 amide bonds. The average molecular weight is 549 g/mol. The van der Waals surface area contributed by atoms with Gasteiger partial charge in [-0.15, -0.1) is 34.2 Å². The summed E-state index contributed by atoms with van der Waals surface area (Å²) in [4.78, 5) is 9.84. The van der Waals surface area contributed by atoms with Gasteiger partial charge in [0.2, 0.25) is 0 Å². The number of hydrogen-bond acceptors (Lipinski definition) is 6. The van der Waals surface area contributed by atoms with Crippen LogP contribution < -0.4 is 10.6 Å². The molecule has 2 aliphatic rings. The number of halogens is 1. The number of aliphatic imine (C=N–C) groups is 1.